The Morgan fingerprint density at radius 3 is 2.92 bits per heavy atom. The van der Waals surface area contributed by atoms with Crippen LogP contribution in [0.5, 0.6) is 0 Å². The standard InChI is InChI=1S/C9H13NO2S/c1-7-3-4-8(13-7)10-6-5-9(11)12-2/h3-4,10H,5-6H2,1-2H3. The van der Waals surface area contributed by atoms with Crippen molar-refractivity contribution in [2.24, 2.45) is 0 Å². The van der Waals surface area contributed by atoms with Crippen molar-refractivity contribution < 1.29 is 9.53 Å². The van der Waals surface area contributed by atoms with Crippen LogP contribution in [0.4, 0.5) is 5.00 Å². The highest BCUT2D eigenvalue weighted by molar-refractivity contribution is 7.16. The average molecular weight is 199 g/mol. The molecule has 0 spiro atoms. The maximum absolute atomic E-state index is 10.7. The molecule has 0 saturated heterocycles. The van der Waals surface area contributed by atoms with Gasteiger partial charge in [0.25, 0.3) is 0 Å². The number of hydrogen-bond donors (Lipinski definition) is 1. The van der Waals surface area contributed by atoms with E-state index in [-0.39, 0.29) is 5.97 Å². The van der Waals surface area contributed by atoms with Crippen LogP contribution in [0.3, 0.4) is 0 Å². The molecule has 0 unspecified atom stereocenters. The second kappa shape index (κ2) is 4.87. The molecule has 3 nitrogen and oxygen atoms in total. The molecule has 0 radical (unpaired) electrons. The van der Waals surface area contributed by atoms with Crippen molar-refractivity contribution in [2.75, 3.05) is 19.0 Å². The van der Waals surface area contributed by atoms with Crippen LogP contribution in [0, 0.1) is 6.92 Å². The first-order valence-electron chi connectivity index (χ1n) is 4.09. The molecular formula is C9H13NO2S. The second-order valence-electron chi connectivity index (χ2n) is 2.66. The number of ether oxygens (including phenoxy) is 1. The summed E-state index contributed by atoms with van der Waals surface area (Å²) in [5.74, 6) is -0.180. The Hall–Kier alpha value is -1.03. The molecule has 72 valence electrons. The van der Waals surface area contributed by atoms with Gasteiger partial charge in [0.1, 0.15) is 0 Å². The number of hydrogen-bond acceptors (Lipinski definition) is 4. The van der Waals surface area contributed by atoms with E-state index in [1.807, 2.05) is 12.1 Å². The zero-order valence-corrected chi connectivity index (χ0v) is 8.61. The molecule has 0 fully saturated rings. The maximum atomic E-state index is 10.7. The smallest absolute Gasteiger partial charge is 0.307 e. The predicted octanol–water partition coefficient (Wildman–Crippen LogP) is 2.03. The van der Waals surface area contributed by atoms with Crippen LogP contribution >= 0.6 is 11.3 Å². The van der Waals surface area contributed by atoms with E-state index >= 15 is 0 Å². The van der Waals surface area contributed by atoms with Crippen molar-refractivity contribution >= 4 is 22.3 Å². The van der Waals surface area contributed by atoms with Gasteiger partial charge in [-0.3, -0.25) is 4.79 Å². The topological polar surface area (TPSA) is 38.3 Å². The van der Waals surface area contributed by atoms with E-state index in [4.69, 9.17) is 0 Å². The van der Waals surface area contributed by atoms with Gasteiger partial charge in [-0.1, -0.05) is 0 Å². The van der Waals surface area contributed by atoms with Crippen molar-refractivity contribution in [3.8, 4) is 0 Å². The number of thiophene rings is 1. The Bertz CT molecular complexity index is 283. The summed E-state index contributed by atoms with van der Waals surface area (Å²) in [6, 6.07) is 4.06. The molecule has 1 aromatic heterocycles. The number of carbonyl (C=O) groups excluding carboxylic acids is 1. The lowest BCUT2D eigenvalue weighted by molar-refractivity contribution is -0.140. The summed E-state index contributed by atoms with van der Waals surface area (Å²) in [7, 11) is 1.40. The van der Waals surface area contributed by atoms with Gasteiger partial charge in [-0.15, -0.1) is 11.3 Å². The summed E-state index contributed by atoms with van der Waals surface area (Å²) in [4.78, 5) is 12.0. The fourth-order valence-electron chi connectivity index (χ4n) is 0.919. The highest BCUT2D eigenvalue weighted by atomic mass is 32.1. The first-order valence-corrected chi connectivity index (χ1v) is 4.91. The summed E-state index contributed by atoms with van der Waals surface area (Å²) >= 11 is 1.68. The summed E-state index contributed by atoms with van der Waals surface area (Å²) in [6.45, 7) is 2.68. The SMILES string of the molecule is COC(=O)CCNc1ccc(C)s1. The Balaban J connectivity index is 2.24. The van der Waals surface area contributed by atoms with Gasteiger partial charge in [-0.05, 0) is 19.1 Å². The van der Waals surface area contributed by atoms with Crippen molar-refractivity contribution in [3.05, 3.63) is 17.0 Å². The molecule has 1 N–H and O–H groups in total. The molecule has 0 aliphatic heterocycles. The van der Waals surface area contributed by atoms with Crippen LogP contribution in [0.25, 0.3) is 0 Å². The molecule has 13 heavy (non-hydrogen) atoms. The zero-order valence-electron chi connectivity index (χ0n) is 7.79. The second-order valence-corrected chi connectivity index (χ2v) is 3.95. The fraction of sp³-hybridized carbons (Fsp3) is 0.444. The van der Waals surface area contributed by atoms with Crippen LogP contribution in [0.1, 0.15) is 11.3 Å². The van der Waals surface area contributed by atoms with Gasteiger partial charge in [0, 0.05) is 11.4 Å². The van der Waals surface area contributed by atoms with Gasteiger partial charge < -0.3 is 10.1 Å². The normalized spacial score (nSPS) is 9.69. The largest absolute Gasteiger partial charge is 0.469 e. The monoisotopic (exact) mass is 199 g/mol. The first-order chi connectivity index (χ1) is 6.22. The minimum absolute atomic E-state index is 0.180. The number of anilines is 1. The molecule has 1 heterocycles. The molecule has 0 aliphatic carbocycles. The van der Waals surface area contributed by atoms with E-state index in [2.05, 4.69) is 17.0 Å². The van der Waals surface area contributed by atoms with Crippen LogP contribution < -0.4 is 5.32 Å². The minimum Gasteiger partial charge on any atom is -0.469 e. The van der Waals surface area contributed by atoms with E-state index < -0.39 is 0 Å². The molecule has 1 aromatic rings. The lowest BCUT2D eigenvalue weighted by Crippen LogP contribution is -2.08. The summed E-state index contributed by atoms with van der Waals surface area (Å²) in [5.41, 5.74) is 0. The molecule has 4 heteroatoms. The van der Waals surface area contributed by atoms with Crippen LogP contribution in [-0.2, 0) is 9.53 Å². The third-order valence-electron chi connectivity index (χ3n) is 1.60. The van der Waals surface area contributed by atoms with Gasteiger partial charge in [0.05, 0.1) is 18.5 Å². The Kier molecular flexibility index (Phi) is 3.76. The van der Waals surface area contributed by atoms with Crippen molar-refractivity contribution in [2.45, 2.75) is 13.3 Å². The Labute approximate surface area is 81.7 Å². The molecule has 0 aliphatic rings. The Morgan fingerprint density at radius 1 is 1.62 bits per heavy atom. The molecule has 0 saturated carbocycles. The number of rotatable bonds is 4. The number of methoxy groups -OCH3 is 1. The molecule has 0 atom stereocenters. The number of aryl methyl sites for hydroxylation is 1. The lowest BCUT2D eigenvalue weighted by atomic mass is 10.4. The number of nitrogens with one attached hydrogen (secondary N) is 1. The molecule has 0 bridgehead atoms. The van der Waals surface area contributed by atoms with E-state index in [1.54, 1.807) is 11.3 Å². The molecule has 0 amide bonds. The van der Waals surface area contributed by atoms with E-state index in [1.165, 1.54) is 12.0 Å². The number of esters is 1. The average Bonchev–Trinajstić information content (AvgIpc) is 2.51. The van der Waals surface area contributed by atoms with Crippen LogP contribution in [0.2, 0.25) is 0 Å². The summed E-state index contributed by atoms with van der Waals surface area (Å²) in [6.07, 6.45) is 0.410. The third kappa shape index (κ3) is 3.46. The van der Waals surface area contributed by atoms with Gasteiger partial charge in [0.2, 0.25) is 0 Å². The highest BCUT2D eigenvalue weighted by Crippen LogP contribution is 2.20. The highest BCUT2D eigenvalue weighted by Gasteiger charge is 2.00. The maximum Gasteiger partial charge on any atom is 0.307 e. The number of carbonyl (C=O) groups is 1. The third-order valence-corrected chi connectivity index (χ3v) is 2.55. The van der Waals surface area contributed by atoms with Gasteiger partial charge in [-0.25, -0.2) is 0 Å². The molecular weight excluding hydrogens is 186 g/mol. The van der Waals surface area contributed by atoms with Crippen molar-refractivity contribution in [1.82, 2.24) is 0 Å². The first kappa shape index (κ1) is 10.1. The Morgan fingerprint density at radius 2 is 2.38 bits per heavy atom. The van der Waals surface area contributed by atoms with Crippen LogP contribution in [-0.4, -0.2) is 19.6 Å². The molecule has 0 aromatic carbocycles. The van der Waals surface area contributed by atoms with Gasteiger partial charge in [0.15, 0.2) is 0 Å². The van der Waals surface area contributed by atoms with Gasteiger partial charge in [-0.2, -0.15) is 0 Å². The lowest BCUT2D eigenvalue weighted by Gasteiger charge is -2.01. The van der Waals surface area contributed by atoms with E-state index in [9.17, 15) is 4.79 Å². The van der Waals surface area contributed by atoms with E-state index in [0.29, 0.717) is 13.0 Å². The summed E-state index contributed by atoms with van der Waals surface area (Å²) in [5, 5.41) is 4.25. The molecule has 1 rings (SSSR count). The fourth-order valence-corrected chi connectivity index (χ4v) is 1.71. The predicted molar refractivity (Wildman–Crippen MR) is 54.2 cm³/mol. The van der Waals surface area contributed by atoms with Crippen molar-refractivity contribution in [1.29, 1.82) is 0 Å². The quantitative estimate of drug-likeness (QED) is 0.754. The minimum atomic E-state index is -0.180. The van der Waals surface area contributed by atoms with E-state index in [0.717, 1.165) is 5.00 Å². The van der Waals surface area contributed by atoms with Crippen molar-refractivity contribution in [3.63, 3.8) is 0 Å². The summed E-state index contributed by atoms with van der Waals surface area (Å²) < 4.78 is 4.52. The zero-order chi connectivity index (χ0) is 9.68. The van der Waals surface area contributed by atoms with Crippen LogP contribution in [0.15, 0.2) is 12.1 Å². The van der Waals surface area contributed by atoms with Gasteiger partial charge >= 0.3 is 5.97 Å².